The van der Waals surface area contributed by atoms with E-state index in [0.29, 0.717) is 22.0 Å². The van der Waals surface area contributed by atoms with Gasteiger partial charge in [-0.3, -0.25) is 4.98 Å². The highest BCUT2D eigenvalue weighted by Crippen LogP contribution is 2.20. The van der Waals surface area contributed by atoms with Crippen molar-refractivity contribution in [3.63, 3.8) is 0 Å². The fourth-order valence-corrected chi connectivity index (χ4v) is 2.25. The lowest BCUT2D eigenvalue weighted by molar-refractivity contribution is 1.09. The van der Waals surface area contributed by atoms with Gasteiger partial charge in [-0.1, -0.05) is 11.3 Å². The van der Waals surface area contributed by atoms with E-state index in [1.165, 1.54) is 23.8 Å². The van der Waals surface area contributed by atoms with Gasteiger partial charge in [0.05, 0.1) is 11.0 Å². The fourth-order valence-electron chi connectivity index (χ4n) is 1.80. The molecule has 0 saturated carbocycles. The maximum Gasteiger partial charge on any atom is 0.210 e. The van der Waals surface area contributed by atoms with E-state index in [2.05, 4.69) is 25.5 Å². The number of anilines is 2. The van der Waals surface area contributed by atoms with Crippen LogP contribution in [0.15, 0.2) is 36.1 Å². The van der Waals surface area contributed by atoms with Gasteiger partial charge in [0.25, 0.3) is 0 Å². The van der Waals surface area contributed by atoms with Crippen LogP contribution in [0.25, 0.3) is 16.6 Å². The maximum absolute atomic E-state index is 7.33. The topological polar surface area (TPSA) is 113 Å². The van der Waals surface area contributed by atoms with Gasteiger partial charge in [0.2, 0.25) is 5.13 Å². The number of allylic oxidation sites excluding steroid dienone is 1. The minimum absolute atomic E-state index is 0.591. The first-order valence-corrected chi connectivity index (χ1v) is 6.91. The van der Waals surface area contributed by atoms with Crippen LogP contribution in [0, 0.1) is 5.41 Å². The molecule has 7 nitrogen and oxygen atoms in total. The Morgan fingerprint density at radius 3 is 2.95 bits per heavy atom. The van der Waals surface area contributed by atoms with Gasteiger partial charge < -0.3 is 16.5 Å². The van der Waals surface area contributed by atoms with Gasteiger partial charge >= 0.3 is 0 Å². The molecule has 3 heterocycles. The van der Waals surface area contributed by atoms with Crippen LogP contribution in [0.1, 0.15) is 5.56 Å². The van der Waals surface area contributed by atoms with Crippen molar-refractivity contribution < 1.29 is 0 Å². The predicted octanol–water partition coefficient (Wildman–Crippen LogP) is 2.17. The number of hydrogen-bond acceptors (Lipinski definition) is 8. The van der Waals surface area contributed by atoms with Crippen molar-refractivity contribution in [1.29, 1.82) is 5.41 Å². The summed E-state index contributed by atoms with van der Waals surface area (Å²) in [5.74, 6) is 0.659. The Labute approximate surface area is 124 Å². The lowest BCUT2D eigenvalue weighted by Crippen LogP contribution is -1.96. The number of nitrogens with zero attached hydrogens (tertiary/aromatic N) is 4. The molecule has 0 aliphatic carbocycles. The quantitative estimate of drug-likeness (QED) is 0.636. The van der Waals surface area contributed by atoms with Crippen molar-refractivity contribution in [2.24, 2.45) is 5.73 Å². The van der Waals surface area contributed by atoms with E-state index in [1.54, 1.807) is 11.7 Å². The Balaban J connectivity index is 2.01. The molecule has 0 fully saturated rings. The largest absolute Gasteiger partial charge is 0.404 e. The minimum Gasteiger partial charge on any atom is -0.404 e. The third-order valence-electron chi connectivity index (χ3n) is 2.80. The number of nitrogens with one attached hydrogen (secondary N) is 2. The summed E-state index contributed by atoms with van der Waals surface area (Å²) in [5.41, 5.74) is 9.96. The van der Waals surface area contributed by atoms with Gasteiger partial charge in [-0.05, 0) is 18.2 Å². The first-order chi connectivity index (χ1) is 10.3. The number of nitrogens with two attached hydrogens (primary N) is 1. The average molecular weight is 297 g/mol. The molecule has 0 spiro atoms. The molecule has 3 rings (SSSR count). The van der Waals surface area contributed by atoms with Gasteiger partial charge in [0.1, 0.15) is 11.3 Å². The maximum atomic E-state index is 7.33. The van der Waals surface area contributed by atoms with E-state index in [4.69, 9.17) is 11.1 Å². The molecule has 0 aliphatic heterocycles. The van der Waals surface area contributed by atoms with Gasteiger partial charge in [0, 0.05) is 29.7 Å². The summed E-state index contributed by atoms with van der Waals surface area (Å²) in [5, 5.41) is 18.7. The van der Waals surface area contributed by atoms with Gasteiger partial charge in [-0.2, -0.15) is 0 Å². The highest BCUT2D eigenvalue weighted by atomic mass is 32.1. The second-order valence-corrected chi connectivity index (χ2v) is 4.93. The molecule has 0 aliphatic rings. The number of hydrogen-bond donors (Lipinski definition) is 3. The summed E-state index contributed by atoms with van der Waals surface area (Å²) in [6.07, 6.45) is 4.23. The molecule has 3 aromatic rings. The van der Waals surface area contributed by atoms with Crippen LogP contribution in [0.5, 0.6) is 0 Å². The van der Waals surface area contributed by atoms with Crippen molar-refractivity contribution in [3.8, 4) is 0 Å². The molecule has 8 heteroatoms. The van der Waals surface area contributed by atoms with Crippen molar-refractivity contribution in [1.82, 2.24) is 20.2 Å². The molecule has 0 aromatic carbocycles. The van der Waals surface area contributed by atoms with E-state index >= 15 is 0 Å². The second-order valence-electron chi connectivity index (χ2n) is 4.09. The van der Waals surface area contributed by atoms with E-state index in [0.717, 1.165) is 11.1 Å². The molecule has 21 heavy (non-hydrogen) atoms. The van der Waals surface area contributed by atoms with Crippen LogP contribution in [-0.4, -0.2) is 26.4 Å². The van der Waals surface area contributed by atoms with Crippen molar-refractivity contribution in [2.75, 3.05) is 5.32 Å². The molecule has 0 bridgehead atoms. The molecular weight excluding hydrogens is 286 g/mol. The number of fused-ring (bicyclic) bond motifs is 1. The minimum atomic E-state index is 0.591. The molecular formula is C13H11N7S. The van der Waals surface area contributed by atoms with Crippen LogP contribution >= 0.6 is 11.3 Å². The molecule has 0 radical (unpaired) electrons. The Hall–Kier alpha value is -2.87. The van der Waals surface area contributed by atoms with Crippen LogP contribution in [0.2, 0.25) is 0 Å². The Morgan fingerprint density at radius 1 is 1.33 bits per heavy atom. The van der Waals surface area contributed by atoms with Crippen molar-refractivity contribution in [3.05, 3.63) is 41.7 Å². The molecule has 104 valence electrons. The third kappa shape index (κ3) is 2.70. The van der Waals surface area contributed by atoms with E-state index < -0.39 is 0 Å². The summed E-state index contributed by atoms with van der Waals surface area (Å²) < 4.78 is 0. The average Bonchev–Trinajstić information content (AvgIpc) is 3.01. The van der Waals surface area contributed by atoms with Gasteiger partial charge in [-0.15, -0.1) is 10.2 Å². The molecule has 0 saturated heterocycles. The number of rotatable bonds is 4. The lowest BCUT2D eigenvalue weighted by atomic mass is 10.1. The van der Waals surface area contributed by atoms with Crippen LogP contribution in [0.3, 0.4) is 0 Å². The molecule has 0 unspecified atom stereocenters. The van der Waals surface area contributed by atoms with Crippen LogP contribution in [-0.2, 0) is 0 Å². The van der Waals surface area contributed by atoms with Gasteiger partial charge in [0.15, 0.2) is 0 Å². The first-order valence-electron chi connectivity index (χ1n) is 6.03. The van der Waals surface area contributed by atoms with Crippen molar-refractivity contribution in [2.45, 2.75) is 0 Å². The molecule has 3 aromatic heterocycles. The third-order valence-corrected chi connectivity index (χ3v) is 3.41. The van der Waals surface area contributed by atoms with Crippen LogP contribution < -0.4 is 11.1 Å². The summed E-state index contributed by atoms with van der Waals surface area (Å²) in [6, 6.07) is 5.54. The standard InChI is InChI=1S/C13H11N7S/c14-4-9(5-15)8-3-11-10(16-6-8)1-2-12(18-11)19-13-20-17-7-21-13/h1-7,14H,15H2,(H,18,19,20)/b9-5+,14-4?. The first kappa shape index (κ1) is 13.1. The zero-order valence-electron chi connectivity index (χ0n) is 10.8. The van der Waals surface area contributed by atoms with E-state index in [9.17, 15) is 0 Å². The smallest absolute Gasteiger partial charge is 0.210 e. The summed E-state index contributed by atoms with van der Waals surface area (Å²) >= 11 is 1.39. The highest BCUT2D eigenvalue weighted by molar-refractivity contribution is 7.13. The van der Waals surface area contributed by atoms with E-state index in [-0.39, 0.29) is 0 Å². The lowest BCUT2D eigenvalue weighted by Gasteiger charge is -2.05. The van der Waals surface area contributed by atoms with E-state index in [1.807, 2.05) is 18.2 Å². The summed E-state index contributed by atoms with van der Waals surface area (Å²) in [7, 11) is 0. The number of pyridine rings is 2. The number of aromatic nitrogens is 4. The highest BCUT2D eigenvalue weighted by Gasteiger charge is 2.05. The molecule has 4 N–H and O–H groups in total. The Morgan fingerprint density at radius 2 is 2.24 bits per heavy atom. The van der Waals surface area contributed by atoms with Gasteiger partial charge in [-0.25, -0.2) is 4.98 Å². The predicted molar refractivity (Wildman–Crippen MR) is 83.7 cm³/mol. The molecule has 0 atom stereocenters. The summed E-state index contributed by atoms with van der Waals surface area (Å²) in [4.78, 5) is 8.80. The fraction of sp³-hybridized carbons (Fsp3) is 0. The zero-order chi connectivity index (χ0) is 14.7. The zero-order valence-corrected chi connectivity index (χ0v) is 11.6. The SMILES string of the molecule is N=C/C(=C\N)c1cnc2ccc(Nc3nncs3)nc2c1. The summed E-state index contributed by atoms with van der Waals surface area (Å²) in [6.45, 7) is 0. The monoisotopic (exact) mass is 297 g/mol. The van der Waals surface area contributed by atoms with Crippen LogP contribution in [0.4, 0.5) is 10.9 Å². The Bertz CT molecular complexity index is 811. The molecule has 0 amide bonds. The normalized spacial score (nSPS) is 11.5. The Kier molecular flexibility index (Phi) is 3.52. The van der Waals surface area contributed by atoms with Crippen molar-refractivity contribution >= 4 is 45.1 Å². The second kappa shape index (κ2) is 5.63.